The van der Waals surface area contributed by atoms with Gasteiger partial charge >= 0.3 is 5.69 Å². The van der Waals surface area contributed by atoms with Gasteiger partial charge in [0.2, 0.25) is 0 Å². The van der Waals surface area contributed by atoms with Crippen molar-refractivity contribution < 1.29 is 0 Å². The average Bonchev–Trinajstić information content (AvgIpc) is 2.86. The van der Waals surface area contributed by atoms with Gasteiger partial charge in [0.25, 0.3) is 0 Å². The fourth-order valence-electron chi connectivity index (χ4n) is 2.18. The van der Waals surface area contributed by atoms with Gasteiger partial charge in [-0.3, -0.25) is 4.98 Å². The van der Waals surface area contributed by atoms with Crippen LogP contribution in [0.3, 0.4) is 0 Å². The van der Waals surface area contributed by atoms with Crippen LogP contribution in [0.5, 0.6) is 0 Å². The van der Waals surface area contributed by atoms with E-state index in [-0.39, 0.29) is 0 Å². The first-order valence-corrected chi connectivity index (χ1v) is 6.50. The molecule has 0 radical (unpaired) electrons. The van der Waals surface area contributed by atoms with E-state index in [2.05, 4.69) is 63.5 Å². The summed E-state index contributed by atoms with van der Waals surface area (Å²) in [4.78, 5) is 19.3. The molecule has 2 heterocycles. The summed E-state index contributed by atoms with van der Waals surface area (Å²) in [5, 5.41) is 2.61. The summed E-state index contributed by atoms with van der Waals surface area (Å²) in [5.74, 6) is 0.338. The molecule has 0 aliphatic heterocycles. The van der Waals surface area contributed by atoms with Crippen LogP contribution in [0, 0.1) is 0 Å². The predicted octanol–water partition coefficient (Wildman–Crippen LogP) is 2.67. The third-order valence-corrected chi connectivity index (χ3v) is 3.11. The Morgan fingerprint density at radius 1 is 0.810 bits per heavy atom. The first-order chi connectivity index (χ1) is 10.2. The SMILES string of the molecule is Nc1ccnc(=O)[nH]1.c1ccc2c(c1)[nH]c1ccccc12. The van der Waals surface area contributed by atoms with Crippen molar-refractivity contribution in [3.63, 3.8) is 0 Å². The lowest BCUT2D eigenvalue weighted by atomic mass is 10.2. The highest BCUT2D eigenvalue weighted by Gasteiger charge is 2.00. The number of para-hydroxylation sites is 2. The number of fused-ring (bicyclic) bond motifs is 3. The second kappa shape index (κ2) is 5.50. The molecule has 4 rings (SSSR count). The first kappa shape index (κ1) is 12.9. The zero-order valence-corrected chi connectivity index (χ0v) is 11.2. The summed E-state index contributed by atoms with van der Waals surface area (Å²) >= 11 is 0. The maximum absolute atomic E-state index is 10.2. The minimum atomic E-state index is -0.412. The Kier molecular flexibility index (Phi) is 3.39. The first-order valence-electron chi connectivity index (χ1n) is 6.50. The number of anilines is 1. The quantitative estimate of drug-likeness (QED) is 0.462. The molecule has 0 unspecified atom stereocenters. The predicted molar refractivity (Wildman–Crippen MR) is 85.1 cm³/mol. The standard InChI is InChI=1S/C12H9N.C4H5N3O/c1-3-7-11-9(5-1)10-6-2-4-8-12(10)13-11;5-3-1-2-6-4(8)7-3/h1-8,13H;1-2H,(H3,5,6,7,8). The van der Waals surface area contributed by atoms with E-state index < -0.39 is 5.69 Å². The Morgan fingerprint density at radius 2 is 1.38 bits per heavy atom. The highest BCUT2D eigenvalue weighted by molar-refractivity contribution is 6.06. The molecular formula is C16H14N4O. The average molecular weight is 278 g/mol. The Morgan fingerprint density at radius 3 is 1.86 bits per heavy atom. The number of benzene rings is 2. The summed E-state index contributed by atoms with van der Waals surface area (Å²) in [6, 6.07) is 18.3. The minimum Gasteiger partial charge on any atom is -0.385 e. The molecule has 21 heavy (non-hydrogen) atoms. The molecule has 104 valence electrons. The van der Waals surface area contributed by atoms with Crippen molar-refractivity contribution in [2.45, 2.75) is 0 Å². The molecule has 0 saturated heterocycles. The van der Waals surface area contributed by atoms with Crippen LogP contribution in [0.4, 0.5) is 5.82 Å². The van der Waals surface area contributed by atoms with Crippen LogP contribution in [0.25, 0.3) is 21.8 Å². The molecule has 0 spiro atoms. The van der Waals surface area contributed by atoms with Crippen molar-refractivity contribution in [1.29, 1.82) is 0 Å². The number of hydrogen-bond acceptors (Lipinski definition) is 3. The van der Waals surface area contributed by atoms with Gasteiger partial charge in [0, 0.05) is 28.0 Å². The summed E-state index contributed by atoms with van der Waals surface area (Å²) in [5.41, 5.74) is 7.17. The molecule has 4 aromatic rings. The van der Waals surface area contributed by atoms with Gasteiger partial charge in [-0.15, -0.1) is 0 Å². The number of rotatable bonds is 0. The molecule has 2 aromatic carbocycles. The van der Waals surface area contributed by atoms with Gasteiger partial charge in [0.15, 0.2) is 0 Å². The smallest absolute Gasteiger partial charge is 0.346 e. The monoisotopic (exact) mass is 278 g/mol. The zero-order chi connectivity index (χ0) is 14.7. The van der Waals surface area contributed by atoms with Crippen molar-refractivity contribution in [3.05, 3.63) is 71.3 Å². The number of aromatic nitrogens is 3. The lowest BCUT2D eigenvalue weighted by molar-refractivity contribution is 1.08. The maximum Gasteiger partial charge on any atom is 0.346 e. The molecule has 0 bridgehead atoms. The van der Waals surface area contributed by atoms with Crippen molar-refractivity contribution in [2.24, 2.45) is 0 Å². The number of aromatic amines is 2. The maximum atomic E-state index is 10.2. The van der Waals surface area contributed by atoms with E-state index in [9.17, 15) is 4.79 Å². The third kappa shape index (κ3) is 2.76. The summed E-state index contributed by atoms with van der Waals surface area (Å²) in [6.45, 7) is 0. The number of nitrogens with zero attached hydrogens (tertiary/aromatic N) is 1. The molecule has 2 aromatic heterocycles. The van der Waals surface area contributed by atoms with E-state index in [1.165, 1.54) is 34.1 Å². The van der Waals surface area contributed by atoms with Crippen molar-refractivity contribution in [2.75, 3.05) is 5.73 Å². The zero-order valence-electron chi connectivity index (χ0n) is 11.2. The Balaban J connectivity index is 0.000000143. The summed E-state index contributed by atoms with van der Waals surface area (Å²) < 4.78 is 0. The van der Waals surface area contributed by atoms with Gasteiger partial charge in [-0.25, -0.2) is 9.78 Å². The van der Waals surface area contributed by atoms with E-state index in [1.807, 2.05) is 0 Å². The number of H-pyrrole nitrogens is 2. The molecule has 0 saturated carbocycles. The lowest BCUT2D eigenvalue weighted by Gasteiger charge is -1.87. The topological polar surface area (TPSA) is 87.6 Å². The van der Waals surface area contributed by atoms with E-state index in [4.69, 9.17) is 5.73 Å². The van der Waals surface area contributed by atoms with E-state index >= 15 is 0 Å². The number of nitrogens with two attached hydrogens (primary N) is 1. The second-order valence-corrected chi connectivity index (χ2v) is 4.55. The Hall–Kier alpha value is -3.08. The van der Waals surface area contributed by atoms with Crippen LogP contribution in [0.1, 0.15) is 0 Å². The fourth-order valence-corrected chi connectivity index (χ4v) is 2.18. The van der Waals surface area contributed by atoms with Gasteiger partial charge < -0.3 is 10.7 Å². The highest BCUT2D eigenvalue weighted by Crippen LogP contribution is 2.24. The molecule has 0 atom stereocenters. The number of hydrogen-bond donors (Lipinski definition) is 3. The second-order valence-electron chi connectivity index (χ2n) is 4.55. The van der Waals surface area contributed by atoms with Crippen LogP contribution >= 0.6 is 0 Å². The van der Waals surface area contributed by atoms with Gasteiger partial charge in [-0.2, -0.15) is 0 Å². The number of nitrogen functional groups attached to an aromatic ring is 1. The van der Waals surface area contributed by atoms with E-state index in [0.717, 1.165) is 0 Å². The Labute approximate surface area is 120 Å². The summed E-state index contributed by atoms with van der Waals surface area (Å²) in [7, 11) is 0. The molecule has 0 amide bonds. The van der Waals surface area contributed by atoms with Crippen molar-refractivity contribution >= 4 is 27.6 Å². The van der Waals surface area contributed by atoms with Gasteiger partial charge in [-0.1, -0.05) is 36.4 Å². The van der Waals surface area contributed by atoms with Crippen LogP contribution in [0.15, 0.2) is 65.6 Å². The Bertz CT molecular complexity index is 889. The molecule has 0 aliphatic rings. The molecular weight excluding hydrogens is 264 g/mol. The van der Waals surface area contributed by atoms with Crippen LogP contribution in [-0.4, -0.2) is 15.0 Å². The largest absolute Gasteiger partial charge is 0.385 e. The van der Waals surface area contributed by atoms with E-state index in [1.54, 1.807) is 0 Å². The molecule has 0 aliphatic carbocycles. The van der Waals surface area contributed by atoms with Gasteiger partial charge in [0.05, 0.1) is 0 Å². The highest BCUT2D eigenvalue weighted by atomic mass is 16.1. The van der Waals surface area contributed by atoms with Crippen LogP contribution in [0.2, 0.25) is 0 Å². The molecule has 5 nitrogen and oxygen atoms in total. The van der Waals surface area contributed by atoms with Crippen molar-refractivity contribution in [3.8, 4) is 0 Å². The molecule has 4 N–H and O–H groups in total. The number of nitrogens with one attached hydrogen (secondary N) is 2. The minimum absolute atomic E-state index is 0.338. The van der Waals surface area contributed by atoms with Gasteiger partial charge in [0.1, 0.15) is 5.82 Å². The molecule has 0 fully saturated rings. The fraction of sp³-hybridized carbons (Fsp3) is 0. The van der Waals surface area contributed by atoms with E-state index in [0.29, 0.717) is 5.82 Å². The van der Waals surface area contributed by atoms with Crippen molar-refractivity contribution in [1.82, 2.24) is 15.0 Å². The van der Waals surface area contributed by atoms with Crippen LogP contribution in [-0.2, 0) is 0 Å². The molecule has 5 heteroatoms. The van der Waals surface area contributed by atoms with Crippen LogP contribution < -0.4 is 11.4 Å². The van der Waals surface area contributed by atoms with Gasteiger partial charge in [-0.05, 0) is 18.2 Å². The lowest BCUT2D eigenvalue weighted by Crippen LogP contribution is -2.10. The normalized spacial score (nSPS) is 10.3. The third-order valence-electron chi connectivity index (χ3n) is 3.11. The summed E-state index contributed by atoms with van der Waals surface area (Å²) in [6.07, 6.45) is 1.36.